The summed E-state index contributed by atoms with van der Waals surface area (Å²) in [6.07, 6.45) is -0.433. The van der Waals surface area contributed by atoms with E-state index in [-0.39, 0.29) is 12.8 Å². The zero-order valence-electron chi connectivity index (χ0n) is 10.5. The molecule has 0 aliphatic rings. The molecule has 0 aromatic carbocycles. The maximum absolute atomic E-state index is 11.2. The molecule has 102 valence electrons. The second-order valence-corrected chi connectivity index (χ2v) is 4.64. The SMILES string of the molecule is CC(C)(C)OC(=O)/N=C/C(CCC(=O)O)C(=O)O. The average Bonchev–Trinajstić information content (AvgIpc) is 2.13. The van der Waals surface area contributed by atoms with Crippen molar-refractivity contribution in [3.63, 3.8) is 0 Å². The number of carbonyl (C=O) groups is 3. The van der Waals surface area contributed by atoms with E-state index in [0.717, 1.165) is 6.21 Å². The highest BCUT2D eigenvalue weighted by molar-refractivity contribution is 5.93. The Morgan fingerprint density at radius 3 is 2.22 bits per heavy atom. The van der Waals surface area contributed by atoms with Gasteiger partial charge >= 0.3 is 18.0 Å². The fraction of sp³-hybridized carbons (Fsp3) is 0.636. The first-order valence-electron chi connectivity index (χ1n) is 5.33. The van der Waals surface area contributed by atoms with Crippen LogP contribution in [0.2, 0.25) is 0 Å². The summed E-state index contributed by atoms with van der Waals surface area (Å²) in [6, 6.07) is 0. The summed E-state index contributed by atoms with van der Waals surface area (Å²) < 4.78 is 4.85. The van der Waals surface area contributed by atoms with Crippen LogP contribution in [-0.2, 0) is 14.3 Å². The summed E-state index contributed by atoms with van der Waals surface area (Å²) in [5.74, 6) is -3.45. The van der Waals surface area contributed by atoms with Crippen molar-refractivity contribution in [1.29, 1.82) is 0 Å². The fourth-order valence-electron chi connectivity index (χ4n) is 0.980. The van der Waals surface area contributed by atoms with Gasteiger partial charge in [0.1, 0.15) is 5.60 Å². The van der Waals surface area contributed by atoms with Gasteiger partial charge < -0.3 is 14.9 Å². The van der Waals surface area contributed by atoms with Gasteiger partial charge in [-0.15, -0.1) is 0 Å². The van der Waals surface area contributed by atoms with Gasteiger partial charge in [-0.05, 0) is 27.2 Å². The summed E-state index contributed by atoms with van der Waals surface area (Å²) in [6.45, 7) is 4.96. The molecule has 7 heteroatoms. The zero-order chi connectivity index (χ0) is 14.3. The van der Waals surface area contributed by atoms with Gasteiger partial charge in [-0.1, -0.05) is 0 Å². The smallest absolute Gasteiger partial charge is 0.433 e. The van der Waals surface area contributed by atoms with E-state index in [1.165, 1.54) is 0 Å². The molecule has 18 heavy (non-hydrogen) atoms. The molecule has 0 fully saturated rings. The van der Waals surface area contributed by atoms with Crippen LogP contribution in [0.5, 0.6) is 0 Å². The van der Waals surface area contributed by atoms with Gasteiger partial charge in [0.2, 0.25) is 0 Å². The largest absolute Gasteiger partial charge is 0.481 e. The van der Waals surface area contributed by atoms with Crippen LogP contribution in [0.25, 0.3) is 0 Å². The Balaban J connectivity index is 4.44. The number of hydrogen-bond acceptors (Lipinski definition) is 4. The second kappa shape index (κ2) is 6.73. The van der Waals surface area contributed by atoms with Crippen LogP contribution in [0, 0.1) is 5.92 Å². The number of amides is 1. The molecule has 2 N–H and O–H groups in total. The molecule has 0 aromatic heterocycles. The summed E-state index contributed by atoms with van der Waals surface area (Å²) in [5, 5.41) is 17.2. The molecule has 7 nitrogen and oxygen atoms in total. The third-order valence-corrected chi connectivity index (χ3v) is 1.74. The zero-order valence-corrected chi connectivity index (χ0v) is 10.5. The Bertz CT molecular complexity index is 355. The lowest BCUT2D eigenvalue weighted by Gasteiger charge is -2.17. The minimum absolute atomic E-state index is 0.128. The molecule has 1 amide bonds. The first-order chi connectivity index (χ1) is 8.11. The van der Waals surface area contributed by atoms with Crippen molar-refractivity contribution in [2.24, 2.45) is 10.9 Å². The van der Waals surface area contributed by atoms with Crippen LogP contribution in [0.3, 0.4) is 0 Å². The number of nitrogens with zero attached hydrogens (tertiary/aromatic N) is 1. The molecule has 0 aromatic rings. The van der Waals surface area contributed by atoms with Crippen LogP contribution in [0.4, 0.5) is 4.79 Å². The van der Waals surface area contributed by atoms with Crippen molar-refractivity contribution in [2.75, 3.05) is 0 Å². The van der Waals surface area contributed by atoms with Crippen LogP contribution in [-0.4, -0.2) is 40.1 Å². The maximum Gasteiger partial charge on any atom is 0.433 e. The lowest BCUT2D eigenvalue weighted by molar-refractivity contribution is -0.140. The van der Waals surface area contributed by atoms with Gasteiger partial charge in [-0.3, -0.25) is 9.59 Å². The number of hydrogen-bond donors (Lipinski definition) is 2. The van der Waals surface area contributed by atoms with E-state index in [1.807, 2.05) is 0 Å². The van der Waals surface area contributed by atoms with E-state index in [9.17, 15) is 14.4 Å². The van der Waals surface area contributed by atoms with Gasteiger partial charge in [0.15, 0.2) is 0 Å². The second-order valence-electron chi connectivity index (χ2n) is 4.64. The van der Waals surface area contributed by atoms with Crippen molar-refractivity contribution in [2.45, 2.75) is 39.2 Å². The van der Waals surface area contributed by atoms with E-state index in [1.54, 1.807) is 20.8 Å². The molecule has 0 heterocycles. The Morgan fingerprint density at radius 2 is 1.83 bits per heavy atom. The molecule has 1 atom stereocenters. The lowest BCUT2D eigenvalue weighted by Crippen LogP contribution is -2.23. The Kier molecular flexibility index (Phi) is 6.01. The van der Waals surface area contributed by atoms with Gasteiger partial charge in [0, 0.05) is 12.6 Å². The molecule has 0 bridgehead atoms. The Morgan fingerprint density at radius 1 is 1.28 bits per heavy atom. The normalized spacial score (nSPS) is 13.3. The van der Waals surface area contributed by atoms with Crippen molar-refractivity contribution < 1.29 is 29.3 Å². The molecule has 0 saturated carbocycles. The molecule has 0 rings (SSSR count). The number of carbonyl (C=O) groups excluding carboxylic acids is 1. The van der Waals surface area contributed by atoms with E-state index < -0.39 is 29.6 Å². The van der Waals surface area contributed by atoms with Crippen LogP contribution < -0.4 is 0 Å². The highest BCUT2D eigenvalue weighted by Gasteiger charge is 2.19. The van der Waals surface area contributed by atoms with E-state index in [4.69, 9.17) is 14.9 Å². The highest BCUT2D eigenvalue weighted by atomic mass is 16.6. The molecule has 1 unspecified atom stereocenters. The van der Waals surface area contributed by atoms with Crippen molar-refractivity contribution in [1.82, 2.24) is 0 Å². The van der Waals surface area contributed by atoms with Crippen molar-refractivity contribution in [3.05, 3.63) is 0 Å². The standard InChI is InChI=1S/C11H17NO6/c1-11(2,3)18-10(17)12-6-7(9(15)16)4-5-8(13)14/h6-7H,4-5H2,1-3H3,(H,13,14)(H,15,16)/b12-6+. The molecule has 0 spiro atoms. The summed E-state index contributed by atoms with van der Waals surface area (Å²) >= 11 is 0. The summed E-state index contributed by atoms with van der Waals surface area (Å²) in [4.78, 5) is 35.6. The monoisotopic (exact) mass is 259 g/mol. The van der Waals surface area contributed by atoms with Crippen LogP contribution >= 0.6 is 0 Å². The van der Waals surface area contributed by atoms with Crippen LogP contribution in [0.1, 0.15) is 33.6 Å². The number of aliphatic imine (C=N–C) groups is 1. The van der Waals surface area contributed by atoms with E-state index in [0.29, 0.717) is 0 Å². The molecule has 0 aliphatic carbocycles. The third kappa shape index (κ3) is 8.26. The first-order valence-corrected chi connectivity index (χ1v) is 5.33. The number of ether oxygens (including phenoxy) is 1. The van der Waals surface area contributed by atoms with Crippen LogP contribution in [0.15, 0.2) is 4.99 Å². The van der Waals surface area contributed by atoms with E-state index in [2.05, 4.69) is 4.99 Å². The predicted octanol–water partition coefficient (Wildman–Crippen LogP) is 1.56. The maximum atomic E-state index is 11.2. The first kappa shape index (κ1) is 16.1. The number of carboxylic acid groups (broad SMARTS) is 2. The summed E-state index contributed by atoms with van der Waals surface area (Å²) in [5.41, 5.74) is -0.714. The lowest BCUT2D eigenvalue weighted by atomic mass is 10.1. The summed E-state index contributed by atoms with van der Waals surface area (Å²) in [7, 11) is 0. The predicted molar refractivity (Wildman–Crippen MR) is 62.7 cm³/mol. The Hall–Kier alpha value is -1.92. The minimum atomic E-state index is -1.23. The van der Waals surface area contributed by atoms with Gasteiger partial charge in [-0.25, -0.2) is 4.79 Å². The molecule has 0 radical (unpaired) electrons. The molecular weight excluding hydrogens is 242 g/mol. The molecular formula is C11H17NO6. The Labute approximate surface area is 104 Å². The molecule has 0 aliphatic heterocycles. The van der Waals surface area contributed by atoms with Gasteiger partial charge in [-0.2, -0.15) is 4.99 Å². The van der Waals surface area contributed by atoms with Crippen molar-refractivity contribution in [3.8, 4) is 0 Å². The fourth-order valence-corrected chi connectivity index (χ4v) is 0.980. The highest BCUT2D eigenvalue weighted by Crippen LogP contribution is 2.09. The third-order valence-electron chi connectivity index (χ3n) is 1.74. The van der Waals surface area contributed by atoms with Gasteiger partial charge in [0.05, 0.1) is 5.92 Å². The quantitative estimate of drug-likeness (QED) is 0.724. The number of aliphatic carboxylic acids is 2. The average molecular weight is 259 g/mol. The van der Waals surface area contributed by atoms with Gasteiger partial charge in [0.25, 0.3) is 0 Å². The number of rotatable bonds is 5. The minimum Gasteiger partial charge on any atom is -0.481 e. The molecule has 0 saturated heterocycles. The van der Waals surface area contributed by atoms with E-state index >= 15 is 0 Å². The van der Waals surface area contributed by atoms with Crippen molar-refractivity contribution >= 4 is 24.2 Å². The topological polar surface area (TPSA) is 113 Å². The number of carboxylic acids is 2.